The Bertz CT molecular complexity index is 332. The molecule has 0 atom stereocenters. The maximum Gasteiger partial charge on any atom is 0.225 e. The van der Waals surface area contributed by atoms with Crippen LogP contribution in [0.25, 0.3) is 0 Å². The summed E-state index contributed by atoms with van der Waals surface area (Å²) in [5.41, 5.74) is 6.58. The Hall–Kier alpha value is -1.16. The zero-order valence-electron chi connectivity index (χ0n) is 9.89. The molecule has 2 N–H and O–H groups in total. The maximum atomic E-state index is 5.53. The summed E-state index contributed by atoms with van der Waals surface area (Å²) in [6, 6.07) is 1.95. The molecule has 0 amide bonds. The van der Waals surface area contributed by atoms with E-state index in [4.69, 9.17) is 5.73 Å². The van der Waals surface area contributed by atoms with Gasteiger partial charge in [-0.1, -0.05) is 6.92 Å². The van der Waals surface area contributed by atoms with Crippen molar-refractivity contribution in [1.82, 2.24) is 9.97 Å². The normalized spacial score (nSPS) is 17.8. The SMILES string of the molecule is CC1CCN(c2nccc(CCN)n2)CC1. The molecule has 4 heteroatoms. The van der Waals surface area contributed by atoms with Gasteiger partial charge in [0.1, 0.15) is 0 Å². The van der Waals surface area contributed by atoms with Crippen molar-refractivity contribution < 1.29 is 0 Å². The average Bonchev–Trinajstić information content (AvgIpc) is 2.31. The zero-order valence-corrected chi connectivity index (χ0v) is 9.89. The summed E-state index contributed by atoms with van der Waals surface area (Å²) >= 11 is 0. The Balaban J connectivity index is 2.05. The third-order valence-electron chi connectivity index (χ3n) is 3.17. The first kappa shape index (κ1) is 11.3. The molecular weight excluding hydrogens is 200 g/mol. The zero-order chi connectivity index (χ0) is 11.4. The van der Waals surface area contributed by atoms with E-state index in [0.29, 0.717) is 6.54 Å². The van der Waals surface area contributed by atoms with Crippen LogP contribution >= 0.6 is 0 Å². The lowest BCUT2D eigenvalue weighted by atomic mass is 10.00. The van der Waals surface area contributed by atoms with Gasteiger partial charge in [-0.2, -0.15) is 0 Å². The third kappa shape index (κ3) is 2.70. The van der Waals surface area contributed by atoms with Gasteiger partial charge in [-0.25, -0.2) is 9.97 Å². The standard InChI is InChI=1S/C12H20N4/c1-10-4-8-16(9-5-10)12-14-7-3-11(15-12)2-6-13/h3,7,10H,2,4-6,8-9,13H2,1H3. The molecule has 0 saturated carbocycles. The van der Waals surface area contributed by atoms with Gasteiger partial charge in [0.2, 0.25) is 5.95 Å². The van der Waals surface area contributed by atoms with E-state index in [1.807, 2.05) is 12.3 Å². The van der Waals surface area contributed by atoms with E-state index < -0.39 is 0 Å². The minimum Gasteiger partial charge on any atom is -0.341 e. The van der Waals surface area contributed by atoms with E-state index in [9.17, 15) is 0 Å². The lowest BCUT2D eigenvalue weighted by Crippen LogP contribution is -2.34. The maximum absolute atomic E-state index is 5.53. The Morgan fingerprint density at radius 2 is 2.19 bits per heavy atom. The van der Waals surface area contributed by atoms with Crippen molar-refractivity contribution in [2.45, 2.75) is 26.2 Å². The molecule has 0 spiro atoms. The predicted molar refractivity (Wildman–Crippen MR) is 65.4 cm³/mol. The lowest BCUT2D eigenvalue weighted by Gasteiger charge is -2.30. The number of nitrogens with two attached hydrogens (primary N) is 1. The molecule has 0 aromatic carbocycles. The summed E-state index contributed by atoms with van der Waals surface area (Å²) in [4.78, 5) is 11.2. The Kier molecular flexibility index (Phi) is 3.72. The highest BCUT2D eigenvalue weighted by Gasteiger charge is 2.17. The van der Waals surface area contributed by atoms with Crippen LogP contribution in [-0.2, 0) is 6.42 Å². The number of rotatable bonds is 3. The van der Waals surface area contributed by atoms with Crippen LogP contribution in [-0.4, -0.2) is 29.6 Å². The molecule has 1 fully saturated rings. The van der Waals surface area contributed by atoms with Crippen molar-refractivity contribution in [3.63, 3.8) is 0 Å². The number of hydrogen-bond donors (Lipinski definition) is 1. The molecule has 0 radical (unpaired) electrons. The molecule has 1 aliphatic heterocycles. The smallest absolute Gasteiger partial charge is 0.225 e. The molecule has 2 rings (SSSR count). The Morgan fingerprint density at radius 3 is 2.88 bits per heavy atom. The highest BCUT2D eigenvalue weighted by molar-refractivity contribution is 5.30. The average molecular weight is 220 g/mol. The van der Waals surface area contributed by atoms with Crippen LogP contribution < -0.4 is 10.6 Å². The molecule has 2 heterocycles. The Labute approximate surface area is 96.9 Å². The van der Waals surface area contributed by atoms with Gasteiger partial charge in [-0.05, 0) is 31.4 Å². The molecule has 1 aromatic rings. The molecular formula is C12H20N4. The lowest BCUT2D eigenvalue weighted by molar-refractivity contribution is 0.434. The van der Waals surface area contributed by atoms with Crippen molar-refractivity contribution in [2.75, 3.05) is 24.5 Å². The summed E-state index contributed by atoms with van der Waals surface area (Å²) in [6.07, 6.45) is 5.15. The number of hydrogen-bond acceptors (Lipinski definition) is 4. The van der Waals surface area contributed by atoms with Gasteiger partial charge in [-0.3, -0.25) is 0 Å². The summed E-state index contributed by atoms with van der Waals surface area (Å²) < 4.78 is 0. The second kappa shape index (κ2) is 5.25. The fraction of sp³-hybridized carbons (Fsp3) is 0.667. The largest absolute Gasteiger partial charge is 0.341 e. The van der Waals surface area contributed by atoms with Gasteiger partial charge in [0.15, 0.2) is 0 Å². The first-order chi connectivity index (χ1) is 7.79. The number of piperidine rings is 1. The van der Waals surface area contributed by atoms with Crippen molar-refractivity contribution in [1.29, 1.82) is 0 Å². The van der Waals surface area contributed by atoms with E-state index in [-0.39, 0.29) is 0 Å². The van der Waals surface area contributed by atoms with Crippen LogP contribution in [0.3, 0.4) is 0 Å². The predicted octanol–water partition coefficient (Wildman–Crippen LogP) is 1.21. The van der Waals surface area contributed by atoms with E-state index in [2.05, 4.69) is 21.8 Å². The third-order valence-corrected chi connectivity index (χ3v) is 3.17. The second-order valence-electron chi connectivity index (χ2n) is 4.56. The van der Waals surface area contributed by atoms with Gasteiger partial charge in [-0.15, -0.1) is 0 Å². The van der Waals surface area contributed by atoms with E-state index in [1.165, 1.54) is 12.8 Å². The van der Waals surface area contributed by atoms with Crippen LogP contribution in [0.4, 0.5) is 5.95 Å². The molecule has 1 saturated heterocycles. The molecule has 88 valence electrons. The quantitative estimate of drug-likeness (QED) is 0.832. The van der Waals surface area contributed by atoms with Crippen molar-refractivity contribution >= 4 is 5.95 Å². The van der Waals surface area contributed by atoms with E-state index in [0.717, 1.165) is 37.1 Å². The van der Waals surface area contributed by atoms with Gasteiger partial charge in [0, 0.05) is 31.4 Å². The second-order valence-corrected chi connectivity index (χ2v) is 4.56. The highest BCUT2D eigenvalue weighted by Crippen LogP contribution is 2.19. The van der Waals surface area contributed by atoms with Gasteiger partial charge in [0.05, 0.1) is 0 Å². The first-order valence-corrected chi connectivity index (χ1v) is 6.06. The number of nitrogens with zero attached hydrogens (tertiary/aromatic N) is 3. The fourth-order valence-electron chi connectivity index (χ4n) is 2.03. The molecule has 0 unspecified atom stereocenters. The van der Waals surface area contributed by atoms with Crippen molar-refractivity contribution in [3.05, 3.63) is 18.0 Å². The Morgan fingerprint density at radius 1 is 1.44 bits per heavy atom. The van der Waals surface area contributed by atoms with E-state index >= 15 is 0 Å². The molecule has 0 aliphatic carbocycles. The monoisotopic (exact) mass is 220 g/mol. The number of anilines is 1. The summed E-state index contributed by atoms with van der Waals surface area (Å²) in [6.45, 7) is 5.11. The van der Waals surface area contributed by atoms with E-state index in [1.54, 1.807) is 0 Å². The van der Waals surface area contributed by atoms with Crippen molar-refractivity contribution in [2.24, 2.45) is 11.7 Å². The van der Waals surface area contributed by atoms with Crippen molar-refractivity contribution in [3.8, 4) is 0 Å². The van der Waals surface area contributed by atoms with Crippen LogP contribution in [0, 0.1) is 5.92 Å². The van der Waals surface area contributed by atoms with Gasteiger partial charge >= 0.3 is 0 Å². The van der Waals surface area contributed by atoms with Crippen LogP contribution in [0.15, 0.2) is 12.3 Å². The number of aromatic nitrogens is 2. The van der Waals surface area contributed by atoms with Crippen LogP contribution in [0.1, 0.15) is 25.5 Å². The van der Waals surface area contributed by atoms with Crippen LogP contribution in [0.2, 0.25) is 0 Å². The summed E-state index contributed by atoms with van der Waals surface area (Å²) in [5, 5.41) is 0. The molecule has 1 aliphatic rings. The topological polar surface area (TPSA) is 55.0 Å². The first-order valence-electron chi connectivity index (χ1n) is 6.06. The minimum atomic E-state index is 0.646. The summed E-state index contributed by atoms with van der Waals surface area (Å²) in [5.74, 6) is 1.71. The fourth-order valence-corrected chi connectivity index (χ4v) is 2.03. The van der Waals surface area contributed by atoms with Gasteiger partial charge < -0.3 is 10.6 Å². The summed E-state index contributed by atoms with van der Waals surface area (Å²) in [7, 11) is 0. The molecule has 16 heavy (non-hydrogen) atoms. The highest BCUT2D eigenvalue weighted by atomic mass is 15.2. The minimum absolute atomic E-state index is 0.646. The molecule has 4 nitrogen and oxygen atoms in total. The molecule has 1 aromatic heterocycles. The van der Waals surface area contributed by atoms with Crippen LogP contribution in [0.5, 0.6) is 0 Å². The van der Waals surface area contributed by atoms with Gasteiger partial charge in [0.25, 0.3) is 0 Å². The molecule has 0 bridgehead atoms.